The molecule has 74 valence electrons. The van der Waals surface area contributed by atoms with Crippen molar-refractivity contribution < 1.29 is 0 Å². The third-order valence-electron chi connectivity index (χ3n) is 2.60. The molecule has 0 bridgehead atoms. The van der Waals surface area contributed by atoms with E-state index < -0.39 is 0 Å². The standard InChI is InChI=1S/C11H15N3/c1-8-5-6-9(2)14(8)11-7-10(3)13(4)12-11/h5-7H,1-4H3. The summed E-state index contributed by atoms with van der Waals surface area (Å²) in [4.78, 5) is 0. The molecule has 0 amide bonds. The van der Waals surface area contributed by atoms with E-state index in [9.17, 15) is 0 Å². The second-order valence-electron chi connectivity index (χ2n) is 3.72. The SMILES string of the molecule is Cc1cc(-n2c(C)ccc2C)nn1C. The number of aryl methyl sites for hydroxylation is 4. The predicted molar refractivity (Wildman–Crippen MR) is 56.7 cm³/mol. The molecule has 0 aliphatic heterocycles. The number of nitrogens with zero attached hydrogens (tertiary/aromatic N) is 3. The van der Waals surface area contributed by atoms with E-state index in [0.29, 0.717) is 0 Å². The van der Waals surface area contributed by atoms with E-state index in [4.69, 9.17) is 0 Å². The molecule has 0 aliphatic carbocycles. The van der Waals surface area contributed by atoms with Crippen LogP contribution in [-0.2, 0) is 7.05 Å². The molecule has 14 heavy (non-hydrogen) atoms. The highest BCUT2D eigenvalue weighted by Gasteiger charge is 2.07. The van der Waals surface area contributed by atoms with Gasteiger partial charge in [-0.05, 0) is 32.9 Å². The summed E-state index contributed by atoms with van der Waals surface area (Å²) in [5.41, 5.74) is 3.62. The minimum Gasteiger partial charge on any atom is -0.302 e. The Morgan fingerprint density at radius 2 is 1.57 bits per heavy atom. The van der Waals surface area contributed by atoms with Gasteiger partial charge in [-0.2, -0.15) is 5.10 Å². The molecule has 2 heterocycles. The van der Waals surface area contributed by atoms with Gasteiger partial charge in [0.1, 0.15) is 0 Å². The van der Waals surface area contributed by atoms with Gasteiger partial charge in [-0.3, -0.25) is 4.68 Å². The minimum atomic E-state index is 1.00. The fraction of sp³-hybridized carbons (Fsp3) is 0.364. The van der Waals surface area contributed by atoms with Crippen molar-refractivity contribution >= 4 is 0 Å². The number of aromatic nitrogens is 3. The van der Waals surface area contributed by atoms with Gasteiger partial charge in [0.15, 0.2) is 5.82 Å². The molecule has 0 fully saturated rings. The van der Waals surface area contributed by atoms with Gasteiger partial charge < -0.3 is 4.57 Å². The highest BCUT2D eigenvalue weighted by Crippen LogP contribution is 2.15. The normalized spacial score (nSPS) is 10.9. The summed E-state index contributed by atoms with van der Waals surface area (Å²) < 4.78 is 4.06. The highest BCUT2D eigenvalue weighted by molar-refractivity contribution is 5.32. The van der Waals surface area contributed by atoms with E-state index in [2.05, 4.69) is 48.6 Å². The van der Waals surface area contributed by atoms with Crippen LogP contribution in [0, 0.1) is 20.8 Å². The van der Waals surface area contributed by atoms with Crippen LogP contribution in [0.3, 0.4) is 0 Å². The molecule has 0 spiro atoms. The molecule has 2 aromatic heterocycles. The summed E-state index contributed by atoms with van der Waals surface area (Å²) in [6.45, 7) is 6.25. The molecular formula is C11H15N3. The topological polar surface area (TPSA) is 22.8 Å². The van der Waals surface area contributed by atoms with Crippen molar-refractivity contribution in [3.8, 4) is 5.82 Å². The van der Waals surface area contributed by atoms with E-state index >= 15 is 0 Å². The Morgan fingerprint density at radius 3 is 2.00 bits per heavy atom. The van der Waals surface area contributed by atoms with Crippen molar-refractivity contribution in [2.24, 2.45) is 7.05 Å². The van der Waals surface area contributed by atoms with Crippen LogP contribution in [0.2, 0.25) is 0 Å². The number of rotatable bonds is 1. The molecule has 0 atom stereocenters. The largest absolute Gasteiger partial charge is 0.302 e. The van der Waals surface area contributed by atoms with Gasteiger partial charge in [0, 0.05) is 30.2 Å². The Hall–Kier alpha value is -1.51. The minimum absolute atomic E-state index is 1.00. The summed E-state index contributed by atoms with van der Waals surface area (Å²) in [5.74, 6) is 1.00. The summed E-state index contributed by atoms with van der Waals surface area (Å²) in [5, 5.41) is 4.45. The van der Waals surface area contributed by atoms with Gasteiger partial charge >= 0.3 is 0 Å². The summed E-state index contributed by atoms with van der Waals surface area (Å²) in [6, 6.07) is 6.32. The zero-order valence-electron chi connectivity index (χ0n) is 9.07. The average molecular weight is 189 g/mol. The van der Waals surface area contributed by atoms with Crippen LogP contribution in [-0.4, -0.2) is 14.3 Å². The van der Waals surface area contributed by atoms with Crippen molar-refractivity contribution in [2.75, 3.05) is 0 Å². The van der Waals surface area contributed by atoms with E-state index in [0.717, 1.165) is 5.82 Å². The molecule has 3 heteroatoms. The molecule has 0 saturated carbocycles. The summed E-state index contributed by atoms with van der Waals surface area (Å²) >= 11 is 0. The number of hydrogen-bond donors (Lipinski definition) is 0. The van der Waals surface area contributed by atoms with Gasteiger partial charge in [-0.25, -0.2) is 0 Å². The lowest BCUT2D eigenvalue weighted by Gasteiger charge is -2.03. The van der Waals surface area contributed by atoms with Crippen LogP contribution in [0.1, 0.15) is 17.1 Å². The Morgan fingerprint density at radius 1 is 1.00 bits per heavy atom. The van der Waals surface area contributed by atoms with Crippen LogP contribution in [0.25, 0.3) is 5.82 Å². The first-order valence-electron chi connectivity index (χ1n) is 4.75. The Labute approximate surface area is 84.0 Å². The predicted octanol–water partition coefficient (Wildman–Crippen LogP) is 2.14. The zero-order valence-corrected chi connectivity index (χ0v) is 9.07. The zero-order chi connectivity index (χ0) is 10.3. The quantitative estimate of drug-likeness (QED) is 0.674. The fourth-order valence-electron chi connectivity index (χ4n) is 1.68. The summed E-state index contributed by atoms with van der Waals surface area (Å²) in [7, 11) is 1.97. The Kier molecular flexibility index (Phi) is 1.95. The lowest BCUT2D eigenvalue weighted by Crippen LogP contribution is -2.00. The highest BCUT2D eigenvalue weighted by atomic mass is 15.3. The molecule has 0 aliphatic rings. The molecule has 0 aromatic carbocycles. The summed E-state index contributed by atoms with van der Waals surface area (Å²) in [6.07, 6.45) is 0. The van der Waals surface area contributed by atoms with E-state index in [-0.39, 0.29) is 0 Å². The van der Waals surface area contributed by atoms with Crippen LogP contribution in [0.4, 0.5) is 0 Å². The van der Waals surface area contributed by atoms with E-state index in [1.165, 1.54) is 17.1 Å². The van der Waals surface area contributed by atoms with Gasteiger partial charge in [0.25, 0.3) is 0 Å². The van der Waals surface area contributed by atoms with Gasteiger partial charge in [-0.15, -0.1) is 0 Å². The molecule has 0 saturated heterocycles. The Balaban J connectivity index is 2.59. The van der Waals surface area contributed by atoms with Gasteiger partial charge in [0.05, 0.1) is 0 Å². The monoisotopic (exact) mass is 189 g/mol. The fourth-order valence-corrected chi connectivity index (χ4v) is 1.68. The Bertz CT molecular complexity index is 424. The van der Waals surface area contributed by atoms with Gasteiger partial charge in [-0.1, -0.05) is 0 Å². The maximum absolute atomic E-state index is 4.45. The molecule has 3 nitrogen and oxygen atoms in total. The smallest absolute Gasteiger partial charge is 0.159 e. The van der Waals surface area contributed by atoms with Crippen LogP contribution < -0.4 is 0 Å². The van der Waals surface area contributed by atoms with Crippen molar-refractivity contribution in [3.63, 3.8) is 0 Å². The van der Waals surface area contributed by atoms with E-state index in [1.54, 1.807) is 0 Å². The van der Waals surface area contributed by atoms with Crippen molar-refractivity contribution in [1.29, 1.82) is 0 Å². The van der Waals surface area contributed by atoms with Crippen LogP contribution in [0.15, 0.2) is 18.2 Å². The maximum Gasteiger partial charge on any atom is 0.159 e. The molecule has 0 N–H and O–H groups in total. The van der Waals surface area contributed by atoms with Crippen LogP contribution in [0.5, 0.6) is 0 Å². The molecule has 2 aromatic rings. The van der Waals surface area contributed by atoms with Crippen LogP contribution >= 0.6 is 0 Å². The first-order chi connectivity index (χ1) is 6.59. The first-order valence-corrected chi connectivity index (χ1v) is 4.75. The van der Waals surface area contributed by atoms with Crippen molar-refractivity contribution in [3.05, 3.63) is 35.3 Å². The molecule has 0 radical (unpaired) electrons. The third-order valence-corrected chi connectivity index (χ3v) is 2.60. The molecule has 0 unspecified atom stereocenters. The lowest BCUT2D eigenvalue weighted by atomic mass is 10.4. The number of hydrogen-bond acceptors (Lipinski definition) is 1. The third kappa shape index (κ3) is 1.25. The van der Waals surface area contributed by atoms with Gasteiger partial charge in [0.2, 0.25) is 0 Å². The maximum atomic E-state index is 4.45. The second-order valence-corrected chi connectivity index (χ2v) is 3.72. The average Bonchev–Trinajstić information content (AvgIpc) is 2.59. The molecular weight excluding hydrogens is 174 g/mol. The van der Waals surface area contributed by atoms with Crippen molar-refractivity contribution in [2.45, 2.75) is 20.8 Å². The van der Waals surface area contributed by atoms with E-state index in [1.807, 2.05) is 11.7 Å². The first kappa shape index (κ1) is 9.06. The lowest BCUT2D eigenvalue weighted by molar-refractivity contribution is 0.723. The molecule has 2 rings (SSSR count). The van der Waals surface area contributed by atoms with Crippen molar-refractivity contribution in [1.82, 2.24) is 14.3 Å². The second kappa shape index (κ2) is 3.01.